The number of hydrogen-bond donors (Lipinski definition) is 1. The van der Waals surface area contributed by atoms with Gasteiger partial charge in [0.05, 0.1) is 33.0 Å². The third-order valence-corrected chi connectivity index (χ3v) is 4.28. The summed E-state index contributed by atoms with van der Waals surface area (Å²) >= 11 is 0. The first-order valence-electron chi connectivity index (χ1n) is 10.7. The van der Waals surface area contributed by atoms with Crippen molar-refractivity contribution in [1.29, 1.82) is 0 Å². The van der Waals surface area contributed by atoms with Gasteiger partial charge in [0.25, 0.3) is 0 Å². The molecule has 0 fully saturated rings. The first kappa shape index (κ1) is 28.5. The first-order valence-corrected chi connectivity index (χ1v) is 10.7. The summed E-state index contributed by atoms with van der Waals surface area (Å²) in [6.45, 7) is 19.0. The number of likely N-dealkylation sites (N-methyl/N-ethyl adjacent to an activating group) is 1. The minimum atomic E-state index is -0.241. The second-order valence-corrected chi connectivity index (χ2v) is 11.1. The number of nitrogens with one attached hydrogen (secondary N) is 1. The molecule has 0 aromatic rings. The Balaban J connectivity index is 4.23. The molecule has 0 rings (SSSR count). The minimum Gasteiger partial charge on any atom is -0.380 e. The fourth-order valence-corrected chi connectivity index (χ4v) is 2.50. The van der Waals surface area contributed by atoms with E-state index in [4.69, 9.17) is 9.47 Å². The fraction of sp³-hybridized carbons (Fsp3) is 0.870. The number of hydrogen-bond acceptors (Lipinski definition) is 5. The van der Waals surface area contributed by atoms with Crippen LogP contribution >= 0.6 is 0 Å². The molecule has 0 saturated heterocycles. The van der Waals surface area contributed by atoms with Crippen LogP contribution in [0.1, 0.15) is 68.2 Å². The van der Waals surface area contributed by atoms with Crippen LogP contribution in [0, 0.1) is 16.2 Å². The lowest BCUT2D eigenvalue weighted by atomic mass is 9.93. The Hall–Kier alpha value is -1.47. The summed E-state index contributed by atoms with van der Waals surface area (Å²) in [5.41, 5.74) is -0.189. The normalized spacial score (nSPS) is 12.6. The minimum absolute atomic E-state index is 0.0220. The monoisotopic (exact) mass is 428 g/mol. The molecule has 2 amide bonds. The van der Waals surface area contributed by atoms with Gasteiger partial charge in [0.1, 0.15) is 5.78 Å². The Morgan fingerprint density at radius 3 is 1.80 bits per heavy atom. The number of amides is 2. The molecule has 0 aliphatic carbocycles. The summed E-state index contributed by atoms with van der Waals surface area (Å²) in [7, 11) is 1.57. The van der Waals surface area contributed by atoms with Crippen LogP contribution in [0.15, 0.2) is 0 Å². The molecule has 0 atom stereocenters. The predicted octanol–water partition coefficient (Wildman–Crippen LogP) is 3.06. The van der Waals surface area contributed by atoms with Gasteiger partial charge in [-0.15, -0.1) is 0 Å². The van der Waals surface area contributed by atoms with E-state index in [1.54, 1.807) is 7.05 Å². The highest BCUT2D eigenvalue weighted by Crippen LogP contribution is 2.21. The topological polar surface area (TPSA) is 84.9 Å². The van der Waals surface area contributed by atoms with E-state index in [9.17, 15) is 14.4 Å². The standard InChI is InChI=1S/C23H44N2O5/c1-18(26)10-11-20(28)25(9)12-19(27)24-13-22(5,6)15-30-17-23(7,8)16-29-14-21(2,3)4/h10-17H2,1-9H3,(H,24,27). The molecule has 0 aliphatic rings. The fourth-order valence-electron chi connectivity index (χ4n) is 2.50. The van der Waals surface area contributed by atoms with Gasteiger partial charge in [-0.1, -0.05) is 48.5 Å². The smallest absolute Gasteiger partial charge is 0.239 e. The summed E-state index contributed by atoms with van der Waals surface area (Å²) in [6.07, 6.45) is 0.334. The maximum Gasteiger partial charge on any atom is 0.239 e. The Bertz CT molecular complexity index is 564. The van der Waals surface area contributed by atoms with Crippen LogP contribution in [0.25, 0.3) is 0 Å². The van der Waals surface area contributed by atoms with Crippen molar-refractivity contribution >= 4 is 17.6 Å². The molecule has 0 unspecified atom stereocenters. The Morgan fingerprint density at radius 1 is 0.800 bits per heavy atom. The van der Waals surface area contributed by atoms with Crippen LogP contribution in [0.3, 0.4) is 0 Å². The van der Waals surface area contributed by atoms with E-state index >= 15 is 0 Å². The van der Waals surface area contributed by atoms with Crippen LogP contribution < -0.4 is 5.32 Å². The zero-order chi connectivity index (χ0) is 23.6. The van der Waals surface area contributed by atoms with E-state index in [-0.39, 0.29) is 53.2 Å². The van der Waals surface area contributed by atoms with Gasteiger partial charge in [-0.2, -0.15) is 0 Å². The maximum atomic E-state index is 12.1. The molecule has 0 spiro atoms. The highest BCUT2D eigenvalue weighted by molar-refractivity contribution is 5.87. The van der Waals surface area contributed by atoms with E-state index in [0.717, 1.165) is 0 Å². The summed E-state index contributed by atoms with van der Waals surface area (Å²) in [5.74, 6) is -0.469. The average Bonchev–Trinajstić information content (AvgIpc) is 2.56. The van der Waals surface area contributed by atoms with Gasteiger partial charge >= 0.3 is 0 Å². The summed E-state index contributed by atoms with van der Waals surface area (Å²) in [5, 5.41) is 2.87. The van der Waals surface area contributed by atoms with Crippen LogP contribution in [0.4, 0.5) is 0 Å². The van der Waals surface area contributed by atoms with E-state index in [0.29, 0.717) is 33.0 Å². The number of carbonyl (C=O) groups excluding carboxylic acids is 3. The Labute approximate surface area is 183 Å². The van der Waals surface area contributed by atoms with Crippen LogP contribution in [0.2, 0.25) is 0 Å². The Kier molecular flexibility index (Phi) is 11.8. The highest BCUT2D eigenvalue weighted by Gasteiger charge is 2.24. The number of rotatable bonds is 14. The van der Waals surface area contributed by atoms with E-state index in [1.165, 1.54) is 11.8 Å². The molecule has 0 aromatic heterocycles. The predicted molar refractivity (Wildman–Crippen MR) is 119 cm³/mol. The third-order valence-electron chi connectivity index (χ3n) is 4.28. The quantitative estimate of drug-likeness (QED) is 0.460. The summed E-state index contributed by atoms with van der Waals surface area (Å²) in [6, 6.07) is 0. The molecule has 0 saturated carbocycles. The van der Waals surface area contributed by atoms with Gasteiger partial charge < -0.3 is 24.5 Å². The number of nitrogens with zero attached hydrogens (tertiary/aromatic N) is 1. The molecular formula is C23H44N2O5. The largest absolute Gasteiger partial charge is 0.380 e. The van der Waals surface area contributed by atoms with Crippen molar-refractivity contribution in [1.82, 2.24) is 10.2 Å². The van der Waals surface area contributed by atoms with Crippen molar-refractivity contribution in [3.05, 3.63) is 0 Å². The van der Waals surface area contributed by atoms with Crippen LogP contribution in [-0.2, 0) is 23.9 Å². The average molecular weight is 429 g/mol. The van der Waals surface area contributed by atoms with Crippen LogP contribution in [-0.4, -0.2) is 69.1 Å². The van der Waals surface area contributed by atoms with E-state index < -0.39 is 0 Å². The van der Waals surface area contributed by atoms with Crippen molar-refractivity contribution in [3.63, 3.8) is 0 Å². The Morgan fingerprint density at radius 2 is 1.30 bits per heavy atom. The number of Topliss-reactive ketones (excluding diaryl/α,β-unsaturated/α-hetero) is 1. The number of ketones is 1. The summed E-state index contributed by atoms with van der Waals surface area (Å²) < 4.78 is 11.7. The highest BCUT2D eigenvalue weighted by atomic mass is 16.5. The number of ether oxygens (including phenoxy) is 2. The maximum absolute atomic E-state index is 12.1. The molecule has 0 heterocycles. The van der Waals surface area contributed by atoms with Gasteiger partial charge in [-0.25, -0.2) is 0 Å². The van der Waals surface area contributed by atoms with Gasteiger partial charge in [-0.05, 0) is 12.3 Å². The zero-order valence-corrected chi connectivity index (χ0v) is 20.6. The summed E-state index contributed by atoms with van der Waals surface area (Å²) in [4.78, 5) is 36.4. The van der Waals surface area contributed by atoms with E-state index in [1.807, 2.05) is 13.8 Å². The van der Waals surface area contributed by atoms with Gasteiger partial charge in [0.15, 0.2) is 0 Å². The molecule has 7 heteroatoms. The molecule has 30 heavy (non-hydrogen) atoms. The van der Waals surface area contributed by atoms with Crippen molar-refractivity contribution in [2.45, 2.75) is 68.2 Å². The van der Waals surface area contributed by atoms with Crippen molar-refractivity contribution in [2.24, 2.45) is 16.2 Å². The second-order valence-electron chi connectivity index (χ2n) is 11.1. The third kappa shape index (κ3) is 15.4. The van der Waals surface area contributed by atoms with Gasteiger partial charge in [0.2, 0.25) is 11.8 Å². The lowest BCUT2D eigenvalue weighted by molar-refractivity contribution is -0.135. The van der Waals surface area contributed by atoms with E-state index in [2.05, 4.69) is 39.9 Å². The zero-order valence-electron chi connectivity index (χ0n) is 20.6. The molecule has 176 valence electrons. The lowest BCUT2D eigenvalue weighted by Crippen LogP contribution is -2.43. The molecule has 1 N–H and O–H groups in total. The SMILES string of the molecule is CC(=O)CCC(=O)N(C)CC(=O)NCC(C)(C)COCC(C)(C)COCC(C)(C)C. The van der Waals surface area contributed by atoms with Crippen molar-refractivity contribution < 1.29 is 23.9 Å². The van der Waals surface area contributed by atoms with Crippen molar-refractivity contribution in [2.75, 3.05) is 46.6 Å². The molecule has 0 radical (unpaired) electrons. The van der Waals surface area contributed by atoms with Gasteiger partial charge in [-0.3, -0.25) is 9.59 Å². The molecule has 0 bridgehead atoms. The molecule has 7 nitrogen and oxygen atoms in total. The molecule has 0 aromatic carbocycles. The second kappa shape index (κ2) is 12.4. The molecular weight excluding hydrogens is 384 g/mol. The lowest BCUT2D eigenvalue weighted by Gasteiger charge is -2.30. The van der Waals surface area contributed by atoms with Crippen molar-refractivity contribution in [3.8, 4) is 0 Å². The first-order chi connectivity index (χ1) is 13.5. The molecule has 0 aliphatic heterocycles. The van der Waals surface area contributed by atoms with Crippen LogP contribution in [0.5, 0.6) is 0 Å². The van der Waals surface area contributed by atoms with Gasteiger partial charge in [0, 0.05) is 37.3 Å². The number of carbonyl (C=O) groups is 3.